The van der Waals surface area contributed by atoms with Crippen LogP contribution in [0.2, 0.25) is 5.02 Å². The molecular formula is C18H24ClNO3. The third kappa shape index (κ3) is 4.71. The summed E-state index contributed by atoms with van der Waals surface area (Å²) in [6, 6.07) is 7.57. The third-order valence-corrected chi connectivity index (χ3v) is 4.47. The van der Waals surface area contributed by atoms with E-state index in [1.807, 2.05) is 45.0 Å². The fraction of sp³-hybridized carbons (Fsp3) is 0.556. The Hall–Kier alpha value is -1.55. The lowest BCUT2D eigenvalue weighted by Crippen LogP contribution is -2.34. The van der Waals surface area contributed by atoms with Gasteiger partial charge in [-0.3, -0.25) is 0 Å². The molecule has 0 saturated heterocycles. The molecule has 1 fully saturated rings. The van der Waals surface area contributed by atoms with Gasteiger partial charge in [-0.25, -0.2) is 4.79 Å². The number of halogens is 1. The first-order chi connectivity index (χ1) is 10.8. The zero-order valence-electron chi connectivity index (χ0n) is 13.9. The number of amides is 1. The van der Waals surface area contributed by atoms with Crippen molar-refractivity contribution in [2.75, 3.05) is 13.2 Å². The number of hydrogen-bond acceptors (Lipinski definition) is 3. The van der Waals surface area contributed by atoms with Gasteiger partial charge in [0.1, 0.15) is 12.9 Å². The summed E-state index contributed by atoms with van der Waals surface area (Å²) < 4.78 is 5.43. The van der Waals surface area contributed by atoms with Crippen LogP contribution in [0.1, 0.15) is 39.2 Å². The fourth-order valence-electron chi connectivity index (χ4n) is 2.80. The highest BCUT2D eigenvalue weighted by Gasteiger charge is 2.55. The van der Waals surface area contributed by atoms with E-state index in [0.29, 0.717) is 18.0 Å². The van der Waals surface area contributed by atoms with Gasteiger partial charge >= 0.3 is 6.09 Å². The van der Waals surface area contributed by atoms with Crippen molar-refractivity contribution in [2.24, 2.45) is 11.3 Å². The number of nitrogens with one attached hydrogen (secondary N) is 1. The van der Waals surface area contributed by atoms with E-state index >= 15 is 0 Å². The molecule has 1 aromatic carbocycles. The molecule has 126 valence electrons. The molecular weight excluding hydrogens is 314 g/mol. The van der Waals surface area contributed by atoms with E-state index in [4.69, 9.17) is 16.3 Å². The Balaban J connectivity index is 2.01. The Bertz CT molecular complexity index is 582. The second kappa shape index (κ2) is 6.91. The zero-order chi connectivity index (χ0) is 17.1. The van der Waals surface area contributed by atoms with Crippen LogP contribution in [-0.4, -0.2) is 25.5 Å². The van der Waals surface area contributed by atoms with Gasteiger partial charge in [0, 0.05) is 23.4 Å². The molecule has 0 spiro atoms. The molecule has 2 atom stereocenters. The van der Waals surface area contributed by atoms with E-state index in [-0.39, 0.29) is 23.4 Å². The van der Waals surface area contributed by atoms with Crippen LogP contribution in [0.5, 0.6) is 0 Å². The molecule has 0 heterocycles. The summed E-state index contributed by atoms with van der Waals surface area (Å²) in [6.45, 7) is 6.95. The lowest BCUT2D eigenvalue weighted by Gasteiger charge is -2.21. The number of hydrogen-bond donors (Lipinski definition) is 1. The maximum atomic E-state index is 11.9. The van der Waals surface area contributed by atoms with Gasteiger partial charge in [-0.05, 0) is 35.4 Å². The van der Waals surface area contributed by atoms with Crippen molar-refractivity contribution in [3.63, 3.8) is 0 Å². The Kier molecular flexibility index (Phi) is 5.35. The van der Waals surface area contributed by atoms with Crippen molar-refractivity contribution in [1.29, 1.82) is 0 Å². The van der Waals surface area contributed by atoms with Crippen molar-refractivity contribution < 1.29 is 14.3 Å². The first-order valence-electron chi connectivity index (χ1n) is 7.87. The van der Waals surface area contributed by atoms with Crippen molar-refractivity contribution in [1.82, 2.24) is 5.32 Å². The standard InChI is InChI=1S/C18H24ClNO3/c1-17(2,3)11-20-16(22)23-12-18(10-14(18)7-8-21)13-5-4-6-15(19)9-13/h4-6,8-9,14H,7,10-12H2,1-3H3,(H,20,22)/t14-,18-/m0/s1. The summed E-state index contributed by atoms with van der Waals surface area (Å²) in [6.07, 6.45) is 1.81. The number of alkyl carbamates (subject to hydrolysis) is 1. The monoisotopic (exact) mass is 337 g/mol. The molecule has 0 radical (unpaired) electrons. The molecule has 1 aromatic rings. The summed E-state index contributed by atoms with van der Waals surface area (Å²) in [5.74, 6) is 0.203. The molecule has 1 N–H and O–H groups in total. The smallest absolute Gasteiger partial charge is 0.407 e. The third-order valence-electron chi connectivity index (χ3n) is 4.24. The van der Waals surface area contributed by atoms with Gasteiger partial charge in [-0.1, -0.05) is 44.5 Å². The molecule has 23 heavy (non-hydrogen) atoms. The minimum atomic E-state index is -0.418. The highest BCUT2D eigenvalue weighted by Crippen LogP contribution is 2.56. The average molecular weight is 338 g/mol. The lowest BCUT2D eigenvalue weighted by atomic mass is 9.93. The molecule has 1 saturated carbocycles. The molecule has 1 amide bonds. The normalized spacial score (nSPS) is 23.2. The number of carbonyl (C=O) groups is 2. The average Bonchev–Trinajstić information content (AvgIpc) is 3.17. The van der Waals surface area contributed by atoms with E-state index in [1.165, 1.54) is 0 Å². The molecule has 0 aliphatic heterocycles. The Labute approximate surface area is 142 Å². The maximum Gasteiger partial charge on any atom is 0.407 e. The number of benzene rings is 1. The van der Waals surface area contributed by atoms with Gasteiger partial charge in [0.05, 0.1) is 0 Å². The van der Waals surface area contributed by atoms with E-state index in [1.54, 1.807) is 0 Å². The first kappa shape index (κ1) is 17.8. The Morgan fingerprint density at radius 1 is 1.48 bits per heavy atom. The van der Waals surface area contributed by atoms with E-state index in [2.05, 4.69) is 5.32 Å². The van der Waals surface area contributed by atoms with Crippen LogP contribution < -0.4 is 5.32 Å². The molecule has 0 bridgehead atoms. The van der Waals surface area contributed by atoms with Crippen LogP contribution in [-0.2, 0) is 14.9 Å². The van der Waals surface area contributed by atoms with Gasteiger partial charge in [-0.15, -0.1) is 0 Å². The fourth-order valence-corrected chi connectivity index (χ4v) is 2.99. The van der Waals surface area contributed by atoms with Crippen molar-refractivity contribution in [2.45, 2.75) is 39.0 Å². The predicted molar refractivity (Wildman–Crippen MR) is 90.7 cm³/mol. The van der Waals surface area contributed by atoms with Crippen molar-refractivity contribution in [3.05, 3.63) is 34.9 Å². The minimum absolute atomic E-state index is 0.00327. The largest absolute Gasteiger partial charge is 0.449 e. The Morgan fingerprint density at radius 2 is 2.22 bits per heavy atom. The molecule has 2 rings (SSSR count). The molecule has 0 aromatic heterocycles. The molecule has 1 aliphatic rings. The number of carbonyl (C=O) groups excluding carboxylic acids is 2. The van der Waals surface area contributed by atoms with Gasteiger partial charge in [0.2, 0.25) is 0 Å². The molecule has 5 heteroatoms. The van der Waals surface area contributed by atoms with Gasteiger partial charge in [-0.2, -0.15) is 0 Å². The van der Waals surface area contributed by atoms with Crippen molar-refractivity contribution >= 4 is 24.0 Å². The van der Waals surface area contributed by atoms with Gasteiger partial charge in [0.25, 0.3) is 0 Å². The number of rotatable bonds is 6. The van der Waals surface area contributed by atoms with E-state index < -0.39 is 6.09 Å². The van der Waals surface area contributed by atoms with Crippen LogP contribution in [0, 0.1) is 11.3 Å². The second-order valence-electron chi connectivity index (χ2n) is 7.46. The maximum absolute atomic E-state index is 11.9. The highest BCUT2D eigenvalue weighted by molar-refractivity contribution is 6.30. The molecule has 4 nitrogen and oxygen atoms in total. The summed E-state index contributed by atoms with van der Waals surface area (Å²) >= 11 is 6.08. The first-order valence-corrected chi connectivity index (χ1v) is 8.25. The molecule has 1 aliphatic carbocycles. The topological polar surface area (TPSA) is 55.4 Å². The van der Waals surface area contributed by atoms with Crippen LogP contribution in [0.3, 0.4) is 0 Å². The van der Waals surface area contributed by atoms with Crippen LogP contribution in [0.15, 0.2) is 24.3 Å². The van der Waals surface area contributed by atoms with E-state index in [0.717, 1.165) is 18.3 Å². The minimum Gasteiger partial charge on any atom is -0.449 e. The lowest BCUT2D eigenvalue weighted by molar-refractivity contribution is -0.108. The SMILES string of the molecule is CC(C)(C)CNC(=O)OC[C@]1(c2cccc(Cl)c2)C[C@@H]1CC=O. The summed E-state index contributed by atoms with van der Waals surface area (Å²) in [5, 5.41) is 3.42. The van der Waals surface area contributed by atoms with Crippen LogP contribution >= 0.6 is 11.6 Å². The van der Waals surface area contributed by atoms with Gasteiger partial charge < -0.3 is 14.8 Å². The second-order valence-corrected chi connectivity index (χ2v) is 7.90. The summed E-state index contributed by atoms with van der Waals surface area (Å²) in [4.78, 5) is 22.7. The summed E-state index contributed by atoms with van der Waals surface area (Å²) in [7, 11) is 0. The Morgan fingerprint density at radius 3 is 2.83 bits per heavy atom. The van der Waals surface area contributed by atoms with E-state index in [9.17, 15) is 9.59 Å². The quantitative estimate of drug-likeness (QED) is 0.799. The number of ether oxygens (including phenoxy) is 1. The summed E-state index contributed by atoms with van der Waals surface area (Å²) in [5.41, 5.74) is 0.745. The molecule has 0 unspecified atom stereocenters. The predicted octanol–water partition coefficient (Wildman–Crippen LogP) is 3.96. The van der Waals surface area contributed by atoms with Crippen molar-refractivity contribution in [3.8, 4) is 0 Å². The van der Waals surface area contributed by atoms with Crippen LogP contribution in [0.25, 0.3) is 0 Å². The van der Waals surface area contributed by atoms with Gasteiger partial charge in [0.15, 0.2) is 0 Å². The zero-order valence-corrected chi connectivity index (χ0v) is 14.7. The number of aldehydes is 1. The van der Waals surface area contributed by atoms with Crippen LogP contribution in [0.4, 0.5) is 4.79 Å². The highest BCUT2D eigenvalue weighted by atomic mass is 35.5.